The Hall–Kier alpha value is -2.37. The third-order valence-electron chi connectivity index (χ3n) is 3.00. The third kappa shape index (κ3) is 1.46. The van der Waals surface area contributed by atoms with Crippen LogP contribution in [-0.4, -0.2) is 24.3 Å². The Morgan fingerprint density at radius 2 is 1.94 bits per heavy atom. The zero-order valence-electron chi connectivity index (χ0n) is 10.5. The van der Waals surface area contributed by atoms with Gasteiger partial charge in [0.25, 0.3) is 0 Å². The van der Waals surface area contributed by atoms with Crippen molar-refractivity contribution in [3.8, 4) is 5.82 Å². The number of anilines is 1. The Labute approximate surface area is 104 Å². The number of imidazole rings is 1. The number of nitrogens with two attached hydrogens (primary N) is 1. The molecule has 0 bridgehead atoms. The molecule has 3 aromatic heterocycles. The van der Waals surface area contributed by atoms with E-state index in [-0.39, 0.29) is 0 Å². The molecule has 0 atom stereocenters. The fourth-order valence-corrected chi connectivity index (χ4v) is 1.95. The van der Waals surface area contributed by atoms with Gasteiger partial charge < -0.3 is 5.73 Å². The first-order valence-electron chi connectivity index (χ1n) is 5.69. The molecule has 18 heavy (non-hydrogen) atoms. The van der Waals surface area contributed by atoms with Crippen LogP contribution in [0.4, 0.5) is 5.95 Å². The highest BCUT2D eigenvalue weighted by Crippen LogP contribution is 2.21. The Bertz CT molecular complexity index is 717. The van der Waals surface area contributed by atoms with Crippen LogP contribution in [0.2, 0.25) is 0 Å². The Morgan fingerprint density at radius 3 is 2.61 bits per heavy atom. The van der Waals surface area contributed by atoms with Crippen LogP contribution in [0.25, 0.3) is 17.0 Å². The number of hydrogen-bond acceptors (Lipinski definition) is 4. The van der Waals surface area contributed by atoms with E-state index in [9.17, 15) is 0 Å². The molecular formula is C12H14N6. The summed E-state index contributed by atoms with van der Waals surface area (Å²) in [6.07, 6.45) is 0. The number of nitrogens with zero attached hydrogens (tertiary/aromatic N) is 5. The zero-order chi connectivity index (χ0) is 12.9. The predicted molar refractivity (Wildman–Crippen MR) is 69.5 cm³/mol. The van der Waals surface area contributed by atoms with E-state index in [1.54, 1.807) is 9.25 Å². The van der Waals surface area contributed by atoms with Gasteiger partial charge in [0, 0.05) is 24.5 Å². The maximum absolute atomic E-state index is 5.96. The number of aryl methyl sites for hydroxylation is 3. The summed E-state index contributed by atoms with van der Waals surface area (Å²) in [5.41, 5.74) is 9.46. The summed E-state index contributed by atoms with van der Waals surface area (Å²) in [6, 6.07) is 5.80. The molecule has 0 saturated carbocycles. The van der Waals surface area contributed by atoms with E-state index in [4.69, 9.17) is 5.73 Å². The van der Waals surface area contributed by atoms with E-state index < -0.39 is 0 Å². The van der Waals surface area contributed by atoms with Crippen LogP contribution in [0, 0.1) is 13.8 Å². The van der Waals surface area contributed by atoms with E-state index in [1.165, 1.54) is 0 Å². The highest BCUT2D eigenvalue weighted by atomic mass is 15.3. The topological polar surface area (TPSA) is 74.5 Å². The van der Waals surface area contributed by atoms with Gasteiger partial charge in [-0.25, -0.2) is 14.5 Å². The summed E-state index contributed by atoms with van der Waals surface area (Å²) in [6.45, 7) is 3.93. The SMILES string of the molecule is Cc1ccc2nc(N)n(-c3cc(C)n(C)n3)c2n1. The van der Waals surface area contributed by atoms with Gasteiger partial charge in [-0.1, -0.05) is 0 Å². The average Bonchev–Trinajstić information content (AvgIpc) is 2.79. The van der Waals surface area contributed by atoms with Crippen LogP contribution < -0.4 is 5.73 Å². The Morgan fingerprint density at radius 1 is 1.17 bits per heavy atom. The molecule has 0 amide bonds. The first-order chi connectivity index (χ1) is 8.56. The molecule has 92 valence electrons. The summed E-state index contributed by atoms with van der Waals surface area (Å²) in [5.74, 6) is 1.15. The highest BCUT2D eigenvalue weighted by molar-refractivity contribution is 5.76. The van der Waals surface area contributed by atoms with Crippen molar-refractivity contribution in [1.29, 1.82) is 0 Å². The second-order valence-electron chi connectivity index (χ2n) is 4.37. The van der Waals surface area contributed by atoms with Gasteiger partial charge in [0.2, 0.25) is 5.95 Å². The maximum atomic E-state index is 5.96. The zero-order valence-corrected chi connectivity index (χ0v) is 10.5. The predicted octanol–water partition coefficient (Wildman–Crippen LogP) is 1.35. The number of hydrogen-bond donors (Lipinski definition) is 1. The quantitative estimate of drug-likeness (QED) is 0.699. The van der Waals surface area contributed by atoms with Crippen LogP contribution in [0.5, 0.6) is 0 Å². The molecule has 0 unspecified atom stereocenters. The van der Waals surface area contributed by atoms with Crippen LogP contribution in [-0.2, 0) is 7.05 Å². The Balaban J connectivity index is 2.33. The first kappa shape index (κ1) is 10.8. The third-order valence-corrected chi connectivity index (χ3v) is 3.00. The molecule has 3 heterocycles. The van der Waals surface area contributed by atoms with Gasteiger partial charge in [-0.05, 0) is 26.0 Å². The minimum absolute atomic E-state index is 0.404. The molecule has 3 rings (SSSR count). The van der Waals surface area contributed by atoms with Crippen molar-refractivity contribution in [2.45, 2.75) is 13.8 Å². The van der Waals surface area contributed by atoms with Crippen molar-refractivity contribution in [1.82, 2.24) is 24.3 Å². The van der Waals surface area contributed by atoms with Gasteiger partial charge in [-0.15, -0.1) is 0 Å². The van der Waals surface area contributed by atoms with Crippen molar-refractivity contribution in [3.05, 3.63) is 29.6 Å². The fraction of sp³-hybridized carbons (Fsp3) is 0.250. The van der Waals surface area contributed by atoms with Crippen molar-refractivity contribution >= 4 is 17.1 Å². The van der Waals surface area contributed by atoms with Crippen molar-refractivity contribution in [2.24, 2.45) is 7.05 Å². The lowest BCUT2D eigenvalue weighted by molar-refractivity contribution is 0.730. The average molecular weight is 242 g/mol. The van der Waals surface area contributed by atoms with E-state index in [0.717, 1.165) is 28.4 Å². The largest absolute Gasteiger partial charge is 0.369 e. The van der Waals surface area contributed by atoms with Gasteiger partial charge >= 0.3 is 0 Å². The number of aromatic nitrogens is 5. The number of fused-ring (bicyclic) bond motifs is 1. The Kier molecular flexibility index (Phi) is 2.13. The lowest BCUT2D eigenvalue weighted by Gasteiger charge is -2.01. The maximum Gasteiger partial charge on any atom is 0.208 e. The number of pyridine rings is 1. The van der Waals surface area contributed by atoms with E-state index >= 15 is 0 Å². The van der Waals surface area contributed by atoms with E-state index in [1.807, 2.05) is 39.1 Å². The standard InChI is InChI=1S/C12H14N6/c1-7-4-5-9-11(14-7)18(12(13)15-9)10-6-8(2)17(3)16-10/h4-6H,1-3H3,(H2,13,15). The van der Waals surface area contributed by atoms with Crippen molar-refractivity contribution < 1.29 is 0 Å². The molecule has 6 heteroatoms. The fourth-order valence-electron chi connectivity index (χ4n) is 1.95. The summed E-state index contributed by atoms with van der Waals surface area (Å²) in [4.78, 5) is 8.78. The summed E-state index contributed by atoms with van der Waals surface area (Å²) >= 11 is 0. The summed E-state index contributed by atoms with van der Waals surface area (Å²) < 4.78 is 3.58. The van der Waals surface area contributed by atoms with Gasteiger partial charge in [0.05, 0.1) is 0 Å². The molecular weight excluding hydrogens is 228 g/mol. The van der Waals surface area contributed by atoms with Crippen LogP contribution in [0.1, 0.15) is 11.4 Å². The molecule has 0 aliphatic carbocycles. The molecule has 3 aromatic rings. The molecule has 0 aliphatic rings. The molecule has 0 spiro atoms. The molecule has 6 nitrogen and oxygen atoms in total. The summed E-state index contributed by atoms with van der Waals surface area (Å²) in [5, 5.41) is 4.41. The second kappa shape index (κ2) is 3.56. The van der Waals surface area contributed by atoms with Gasteiger partial charge in [0.15, 0.2) is 11.5 Å². The monoisotopic (exact) mass is 242 g/mol. The van der Waals surface area contributed by atoms with E-state index in [2.05, 4.69) is 15.1 Å². The first-order valence-corrected chi connectivity index (χ1v) is 5.69. The van der Waals surface area contributed by atoms with Gasteiger partial charge in [0.1, 0.15) is 5.52 Å². The lowest BCUT2D eigenvalue weighted by atomic mass is 10.3. The number of rotatable bonds is 1. The van der Waals surface area contributed by atoms with Gasteiger partial charge in [-0.3, -0.25) is 4.68 Å². The van der Waals surface area contributed by atoms with Crippen molar-refractivity contribution in [3.63, 3.8) is 0 Å². The van der Waals surface area contributed by atoms with Crippen LogP contribution >= 0.6 is 0 Å². The second-order valence-corrected chi connectivity index (χ2v) is 4.37. The molecule has 0 aromatic carbocycles. The molecule has 0 aliphatic heterocycles. The van der Waals surface area contributed by atoms with Gasteiger partial charge in [-0.2, -0.15) is 5.10 Å². The summed E-state index contributed by atoms with van der Waals surface area (Å²) in [7, 11) is 1.90. The molecule has 0 radical (unpaired) electrons. The minimum Gasteiger partial charge on any atom is -0.369 e. The lowest BCUT2D eigenvalue weighted by Crippen LogP contribution is -2.03. The van der Waals surface area contributed by atoms with E-state index in [0.29, 0.717) is 5.95 Å². The van der Waals surface area contributed by atoms with Crippen molar-refractivity contribution in [2.75, 3.05) is 5.73 Å². The number of nitrogen functional groups attached to an aromatic ring is 1. The molecule has 0 fully saturated rings. The smallest absolute Gasteiger partial charge is 0.208 e. The van der Waals surface area contributed by atoms with Crippen LogP contribution in [0.3, 0.4) is 0 Å². The minimum atomic E-state index is 0.404. The highest BCUT2D eigenvalue weighted by Gasteiger charge is 2.14. The molecule has 2 N–H and O–H groups in total. The normalized spacial score (nSPS) is 11.3. The molecule has 0 saturated heterocycles. The van der Waals surface area contributed by atoms with Crippen LogP contribution in [0.15, 0.2) is 18.2 Å².